The van der Waals surface area contributed by atoms with E-state index in [-0.39, 0.29) is 12.1 Å². The van der Waals surface area contributed by atoms with Crippen LogP contribution in [0.2, 0.25) is 0 Å². The first kappa shape index (κ1) is 9.65. The quantitative estimate of drug-likeness (QED) is 0.612. The molecule has 0 amide bonds. The summed E-state index contributed by atoms with van der Waals surface area (Å²) < 4.78 is 5.24. The molecule has 2 aromatic heterocycles. The number of hydrogen-bond acceptors (Lipinski definition) is 3. The van der Waals surface area contributed by atoms with Crippen molar-refractivity contribution < 1.29 is 9.53 Å². The highest BCUT2D eigenvalue weighted by Gasteiger charge is 2.32. The van der Waals surface area contributed by atoms with E-state index in [4.69, 9.17) is 4.74 Å². The molecule has 1 aliphatic rings. The van der Waals surface area contributed by atoms with Gasteiger partial charge in [-0.15, -0.1) is 0 Å². The van der Waals surface area contributed by atoms with Crippen LogP contribution in [0.4, 0.5) is 0 Å². The molecule has 0 saturated heterocycles. The zero-order valence-electron chi connectivity index (χ0n) is 9.73. The SMILES string of the molecule is C[C@@H]1OC(=O)c2ncc3[nH]c4ccccc4c3c21. The second-order valence-corrected chi connectivity index (χ2v) is 4.53. The molecule has 4 nitrogen and oxygen atoms in total. The topological polar surface area (TPSA) is 55.0 Å². The van der Waals surface area contributed by atoms with Gasteiger partial charge in [0.25, 0.3) is 0 Å². The number of hydrogen-bond donors (Lipinski definition) is 1. The number of ether oxygens (including phenoxy) is 1. The number of nitrogens with zero attached hydrogens (tertiary/aromatic N) is 1. The summed E-state index contributed by atoms with van der Waals surface area (Å²) in [6, 6.07) is 8.04. The summed E-state index contributed by atoms with van der Waals surface area (Å²) in [5, 5.41) is 2.16. The van der Waals surface area contributed by atoms with Gasteiger partial charge in [0.05, 0.1) is 11.7 Å². The Morgan fingerprint density at radius 2 is 2.11 bits per heavy atom. The van der Waals surface area contributed by atoms with Gasteiger partial charge in [-0.25, -0.2) is 9.78 Å². The maximum Gasteiger partial charge on any atom is 0.357 e. The van der Waals surface area contributed by atoms with E-state index in [9.17, 15) is 4.79 Å². The molecule has 0 radical (unpaired) electrons. The van der Waals surface area contributed by atoms with Crippen molar-refractivity contribution in [3.05, 3.63) is 41.7 Å². The third-order valence-corrected chi connectivity index (χ3v) is 3.47. The van der Waals surface area contributed by atoms with Gasteiger partial charge in [0.2, 0.25) is 0 Å². The Morgan fingerprint density at radius 3 is 3.00 bits per heavy atom. The third kappa shape index (κ3) is 1.05. The van der Waals surface area contributed by atoms with Crippen LogP contribution in [0.5, 0.6) is 0 Å². The Morgan fingerprint density at radius 1 is 1.28 bits per heavy atom. The Bertz CT molecular complexity index is 804. The summed E-state index contributed by atoms with van der Waals surface area (Å²) in [7, 11) is 0. The molecule has 0 bridgehead atoms. The minimum absolute atomic E-state index is 0.233. The molecule has 1 aromatic carbocycles. The lowest BCUT2D eigenvalue weighted by atomic mass is 10.0. The third-order valence-electron chi connectivity index (χ3n) is 3.47. The number of aromatic nitrogens is 2. The average molecular weight is 238 g/mol. The normalized spacial score (nSPS) is 18.3. The summed E-state index contributed by atoms with van der Waals surface area (Å²) in [5.41, 5.74) is 3.34. The fraction of sp³-hybridized carbons (Fsp3) is 0.143. The number of cyclic esters (lactones) is 1. The van der Waals surface area contributed by atoms with E-state index in [0.29, 0.717) is 5.69 Å². The van der Waals surface area contributed by atoms with Crippen LogP contribution >= 0.6 is 0 Å². The van der Waals surface area contributed by atoms with E-state index in [1.165, 1.54) is 0 Å². The van der Waals surface area contributed by atoms with E-state index in [1.807, 2.05) is 31.2 Å². The van der Waals surface area contributed by atoms with Crippen molar-refractivity contribution in [3.63, 3.8) is 0 Å². The largest absolute Gasteiger partial charge is 0.453 e. The summed E-state index contributed by atoms with van der Waals surface area (Å²) in [6.07, 6.45) is 1.47. The van der Waals surface area contributed by atoms with Crippen molar-refractivity contribution in [1.82, 2.24) is 9.97 Å². The number of H-pyrrole nitrogens is 1. The monoisotopic (exact) mass is 238 g/mol. The van der Waals surface area contributed by atoms with Crippen molar-refractivity contribution in [1.29, 1.82) is 0 Å². The predicted molar refractivity (Wildman–Crippen MR) is 67.4 cm³/mol. The predicted octanol–water partition coefficient (Wildman–Crippen LogP) is 2.95. The number of para-hydroxylation sites is 1. The van der Waals surface area contributed by atoms with Gasteiger partial charge in [0, 0.05) is 21.9 Å². The van der Waals surface area contributed by atoms with Gasteiger partial charge in [-0.05, 0) is 13.0 Å². The molecule has 0 spiro atoms. The Kier molecular flexibility index (Phi) is 1.66. The minimum atomic E-state index is -0.329. The second kappa shape index (κ2) is 3.10. The van der Waals surface area contributed by atoms with E-state index in [2.05, 4.69) is 9.97 Å². The first-order chi connectivity index (χ1) is 8.75. The molecule has 3 aromatic rings. The number of carbonyl (C=O) groups is 1. The molecular formula is C14H10N2O2. The lowest BCUT2D eigenvalue weighted by Gasteiger charge is -2.03. The summed E-state index contributed by atoms with van der Waals surface area (Å²) in [6.45, 7) is 1.88. The highest BCUT2D eigenvalue weighted by Crippen LogP contribution is 2.38. The molecule has 3 heterocycles. The van der Waals surface area contributed by atoms with Gasteiger partial charge in [-0.1, -0.05) is 18.2 Å². The Hall–Kier alpha value is -2.36. The van der Waals surface area contributed by atoms with Crippen LogP contribution in [-0.4, -0.2) is 15.9 Å². The highest BCUT2D eigenvalue weighted by molar-refractivity contribution is 6.12. The van der Waals surface area contributed by atoms with Crippen LogP contribution in [0.15, 0.2) is 30.5 Å². The zero-order chi connectivity index (χ0) is 12.3. The zero-order valence-corrected chi connectivity index (χ0v) is 9.73. The van der Waals surface area contributed by atoms with E-state index in [1.54, 1.807) is 6.20 Å². The van der Waals surface area contributed by atoms with Crippen molar-refractivity contribution in [3.8, 4) is 0 Å². The van der Waals surface area contributed by atoms with Crippen LogP contribution in [0.25, 0.3) is 21.8 Å². The van der Waals surface area contributed by atoms with Gasteiger partial charge in [-0.3, -0.25) is 0 Å². The molecule has 1 aliphatic heterocycles. The second-order valence-electron chi connectivity index (χ2n) is 4.53. The van der Waals surface area contributed by atoms with Crippen LogP contribution in [-0.2, 0) is 4.74 Å². The average Bonchev–Trinajstić information content (AvgIpc) is 2.87. The van der Waals surface area contributed by atoms with Crippen LogP contribution in [0, 0.1) is 0 Å². The fourth-order valence-electron chi connectivity index (χ4n) is 2.70. The summed E-state index contributed by atoms with van der Waals surface area (Å²) in [5.74, 6) is -0.329. The standard InChI is InChI=1S/C14H10N2O2/c1-7-11-12-8-4-2-3-5-9(8)16-10(12)6-15-13(11)14(17)18-7/h2-7,16H,1H3/t7-/m0/s1. The van der Waals surface area contributed by atoms with E-state index in [0.717, 1.165) is 27.4 Å². The highest BCUT2D eigenvalue weighted by atomic mass is 16.5. The van der Waals surface area contributed by atoms with Crippen LogP contribution in [0.1, 0.15) is 29.1 Å². The molecule has 0 unspecified atom stereocenters. The molecule has 1 N–H and O–H groups in total. The maximum atomic E-state index is 11.7. The van der Waals surface area contributed by atoms with Gasteiger partial charge in [0.1, 0.15) is 6.10 Å². The number of carbonyl (C=O) groups excluding carboxylic acids is 1. The van der Waals surface area contributed by atoms with Crippen molar-refractivity contribution in [2.45, 2.75) is 13.0 Å². The van der Waals surface area contributed by atoms with Crippen molar-refractivity contribution in [2.24, 2.45) is 0 Å². The number of esters is 1. The first-order valence-electron chi connectivity index (χ1n) is 5.86. The molecule has 18 heavy (non-hydrogen) atoms. The van der Waals surface area contributed by atoms with E-state index >= 15 is 0 Å². The lowest BCUT2D eigenvalue weighted by molar-refractivity contribution is 0.0419. The minimum Gasteiger partial charge on any atom is -0.453 e. The fourth-order valence-corrected chi connectivity index (χ4v) is 2.70. The molecule has 1 atom stereocenters. The van der Waals surface area contributed by atoms with Crippen molar-refractivity contribution in [2.75, 3.05) is 0 Å². The number of rotatable bonds is 0. The molecule has 0 aliphatic carbocycles. The smallest absolute Gasteiger partial charge is 0.357 e. The van der Waals surface area contributed by atoms with Gasteiger partial charge in [-0.2, -0.15) is 0 Å². The molecule has 88 valence electrons. The number of fused-ring (bicyclic) bond motifs is 5. The Labute approximate surface area is 103 Å². The van der Waals surface area contributed by atoms with Crippen molar-refractivity contribution >= 4 is 27.8 Å². The maximum absolute atomic E-state index is 11.7. The van der Waals surface area contributed by atoms with Crippen LogP contribution < -0.4 is 0 Å². The molecule has 4 rings (SSSR count). The number of nitrogens with one attached hydrogen (secondary N) is 1. The molecular weight excluding hydrogens is 228 g/mol. The summed E-state index contributed by atoms with van der Waals surface area (Å²) >= 11 is 0. The molecule has 0 saturated carbocycles. The molecule has 0 fully saturated rings. The van der Waals surface area contributed by atoms with Gasteiger partial charge < -0.3 is 9.72 Å². The lowest BCUT2D eigenvalue weighted by Crippen LogP contribution is -1.96. The van der Waals surface area contributed by atoms with E-state index < -0.39 is 0 Å². The number of benzene rings is 1. The number of aromatic amines is 1. The Balaban J connectivity index is 2.26. The van der Waals surface area contributed by atoms with Gasteiger partial charge in [0.15, 0.2) is 5.69 Å². The first-order valence-corrected chi connectivity index (χ1v) is 5.86. The number of pyridine rings is 1. The molecule has 4 heteroatoms. The van der Waals surface area contributed by atoms with Gasteiger partial charge >= 0.3 is 5.97 Å². The van der Waals surface area contributed by atoms with Crippen LogP contribution in [0.3, 0.4) is 0 Å². The summed E-state index contributed by atoms with van der Waals surface area (Å²) in [4.78, 5) is 19.2.